The largest absolute Gasteiger partial charge is 0.392 e. The van der Waals surface area contributed by atoms with E-state index in [2.05, 4.69) is 11.8 Å². The fourth-order valence-electron chi connectivity index (χ4n) is 6.21. The predicted octanol–water partition coefficient (Wildman–Crippen LogP) is 3.41. The average Bonchev–Trinajstić information content (AvgIpc) is 3.20. The number of ether oxygens (including phenoxy) is 1. The molecule has 0 aromatic rings. The topological polar surface area (TPSA) is 32.7 Å². The van der Waals surface area contributed by atoms with Crippen LogP contribution in [-0.4, -0.2) is 41.5 Å². The Balaban J connectivity index is 1.53. The van der Waals surface area contributed by atoms with Crippen molar-refractivity contribution >= 4 is 0 Å². The van der Waals surface area contributed by atoms with E-state index in [1.54, 1.807) is 0 Å². The minimum absolute atomic E-state index is 0.173. The molecule has 2 aliphatic carbocycles. The number of hydrogen-bond donors (Lipinski definition) is 1. The summed E-state index contributed by atoms with van der Waals surface area (Å²) in [6.07, 6.45) is 11.8. The minimum Gasteiger partial charge on any atom is -0.392 e. The smallest absolute Gasteiger partial charge is 0.111 e. The van der Waals surface area contributed by atoms with Gasteiger partial charge in [0.2, 0.25) is 0 Å². The lowest BCUT2D eigenvalue weighted by Gasteiger charge is -2.47. The van der Waals surface area contributed by atoms with Crippen molar-refractivity contribution in [1.82, 2.24) is 4.90 Å². The Morgan fingerprint density at radius 3 is 2.68 bits per heavy atom. The van der Waals surface area contributed by atoms with Crippen LogP contribution in [0.2, 0.25) is 0 Å². The first-order valence-corrected chi connectivity index (χ1v) is 9.83. The molecule has 4 fully saturated rings. The van der Waals surface area contributed by atoms with Gasteiger partial charge in [-0.15, -0.1) is 0 Å². The molecule has 126 valence electrons. The molecule has 2 saturated carbocycles. The summed E-state index contributed by atoms with van der Waals surface area (Å²) < 4.78 is 6.00. The number of aliphatic hydroxyl groups is 1. The maximum atomic E-state index is 10.6. The monoisotopic (exact) mass is 307 g/mol. The number of aliphatic hydroxyl groups excluding tert-OH is 1. The summed E-state index contributed by atoms with van der Waals surface area (Å²) in [5.41, 5.74) is 0. The number of hydrogen-bond acceptors (Lipinski definition) is 3. The van der Waals surface area contributed by atoms with Crippen molar-refractivity contribution < 1.29 is 9.84 Å². The molecule has 7 unspecified atom stereocenters. The molecule has 0 aromatic heterocycles. The van der Waals surface area contributed by atoms with Gasteiger partial charge in [0, 0.05) is 19.2 Å². The Morgan fingerprint density at radius 2 is 1.91 bits per heavy atom. The Labute approximate surface area is 135 Å². The minimum atomic E-state index is -0.173. The van der Waals surface area contributed by atoms with Crippen LogP contribution in [0, 0.1) is 23.7 Å². The SMILES string of the molecule is CCC(O)C1CC2C(CC3CCCCC32)CN1C1CCCO1. The Hall–Kier alpha value is -0.120. The van der Waals surface area contributed by atoms with E-state index in [-0.39, 0.29) is 12.3 Å². The first-order chi connectivity index (χ1) is 10.8. The number of fused-ring (bicyclic) bond motifs is 3. The Kier molecular flexibility index (Phi) is 4.49. The van der Waals surface area contributed by atoms with Crippen molar-refractivity contribution in [3.8, 4) is 0 Å². The van der Waals surface area contributed by atoms with Crippen LogP contribution in [0.4, 0.5) is 0 Å². The molecule has 2 heterocycles. The molecule has 4 rings (SSSR count). The first kappa shape index (κ1) is 15.4. The average molecular weight is 307 g/mol. The van der Waals surface area contributed by atoms with Gasteiger partial charge in [0.05, 0.1) is 6.10 Å². The lowest BCUT2D eigenvalue weighted by molar-refractivity contribution is -0.111. The summed E-state index contributed by atoms with van der Waals surface area (Å²) in [5.74, 6) is 3.72. The van der Waals surface area contributed by atoms with Crippen LogP contribution < -0.4 is 0 Å². The van der Waals surface area contributed by atoms with Gasteiger partial charge in [-0.25, -0.2) is 0 Å². The summed E-state index contributed by atoms with van der Waals surface area (Å²) >= 11 is 0. The molecule has 22 heavy (non-hydrogen) atoms. The van der Waals surface area contributed by atoms with Crippen LogP contribution in [-0.2, 0) is 4.74 Å². The van der Waals surface area contributed by atoms with Crippen molar-refractivity contribution in [3.63, 3.8) is 0 Å². The number of nitrogens with zero attached hydrogens (tertiary/aromatic N) is 1. The lowest BCUT2D eigenvalue weighted by Crippen LogP contribution is -2.55. The first-order valence-electron chi connectivity index (χ1n) is 9.83. The van der Waals surface area contributed by atoms with E-state index >= 15 is 0 Å². The van der Waals surface area contributed by atoms with Crippen LogP contribution in [0.5, 0.6) is 0 Å². The molecule has 0 spiro atoms. The van der Waals surface area contributed by atoms with Crippen LogP contribution in [0.15, 0.2) is 0 Å². The third kappa shape index (κ3) is 2.63. The van der Waals surface area contributed by atoms with E-state index in [9.17, 15) is 5.11 Å². The predicted molar refractivity (Wildman–Crippen MR) is 87.4 cm³/mol. The van der Waals surface area contributed by atoms with Gasteiger partial charge in [0.25, 0.3) is 0 Å². The van der Waals surface area contributed by atoms with Gasteiger partial charge in [0.15, 0.2) is 0 Å². The maximum Gasteiger partial charge on any atom is 0.111 e. The summed E-state index contributed by atoms with van der Waals surface area (Å²) in [5, 5.41) is 10.6. The van der Waals surface area contributed by atoms with Crippen LogP contribution >= 0.6 is 0 Å². The van der Waals surface area contributed by atoms with Gasteiger partial charge in [-0.2, -0.15) is 0 Å². The van der Waals surface area contributed by atoms with Crippen molar-refractivity contribution in [1.29, 1.82) is 0 Å². The highest BCUT2D eigenvalue weighted by molar-refractivity contribution is 5.01. The molecule has 7 atom stereocenters. The molecule has 0 bridgehead atoms. The second-order valence-corrected chi connectivity index (χ2v) is 8.31. The molecule has 3 nitrogen and oxygen atoms in total. The van der Waals surface area contributed by atoms with Crippen LogP contribution in [0.25, 0.3) is 0 Å². The lowest BCUT2D eigenvalue weighted by atomic mass is 9.73. The summed E-state index contributed by atoms with van der Waals surface area (Å²) in [6.45, 7) is 4.22. The van der Waals surface area contributed by atoms with Crippen LogP contribution in [0.1, 0.15) is 64.7 Å². The van der Waals surface area contributed by atoms with E-state index < -0.39 is 0 Å². The molecule has 0 amide bonds. The molecule has 2 saturated heterocycles. The molecule has 0 aromatic carbocycles. The molecule has 0 radical (unpaired) electrons. The van der Waals surface area contributed by atoms with E-state index in [0.29, 0.717) is 6.04 Å². The standard InChI is InChI=1S/C19H33NO2/c1-2-18(21)17-11-16-14(10-13-6-3-4-7-15(13)16)12-20(17)19-8-5-9-22-19/h13-19,21H,2-12H2,1H3. The van der Waals surface area contributed by atoms with Crippen molar-refractivity contribution in [2.45, 2.75) is 83.1 Å². The normalized spacial score (nSPS) is 47.2. The Morgan fingerprint density at radius 1 is 1.05 bits per heavy atom. The van der Waals surface area contributed by atoms with Crippen molar-refractivity contribution in [2.75, 3.05) is 13.2 Å². The number of rotatable bonds is 3. The van der Waals surface area contributed by atoms with Crippen molar-refractivity contribution in [2.24, 2.45) is 23.7 Å². The molecule has 3 heteroatoms. The molecule has 1 N–H and O–H groups in total. The zero-order chi connectivity index (χ0) is 15.1. The quantitative estimate of drug-likeness (QED) is 0.867. The third-order valence-electron chi connectivity index (χ3n) is 7.25. The van der Waals surface area contributed by atoms with Gasteiger partial charge in [-0.3, -0.25) is 4.90 Å². The third-order valence-corrected chi connectivity index (χ3v) is 7.25. The molecular formula is C19H33NO2. The second kappa shape index (κ2) is 6.41. The molecule has 2 aliphatic heterocycles. The fourth-order valence-corrected chi connectivity index (χ4v) is 6.21. The van der Waals surface area contributed by atoms with E-state index in [1.807, 2.05) is 0 Å². The van der Waals surface area contributed by atoms with E-state index in [1.165, 1.54) is 51.5 Å². The van der Waals surface area contributed by atoms with Gasteiger partial charge in [-0.05, 0) is 62.2 Å². The molecule has 4 aliphatic rings. The summed E-state index contributed by atoms with van der Waals surface area (Å²) in [4.78, 5) is 2.57. The highest BCUT2D eigenvalue weighted by atomic mass is 16.5. The number of likely N-dealkylation sites (tertiary alicyclic amines) is 1. The highest BCUT2D eigenvalue weighted by Crippen LogP contribution is 2.53. The van der Waals surface area contributed by atoms with E-state index in [0.717, 1.165) is 43.1 Å². The zero-order valence-corrected chi connectivity index (χ0v) is 14.1. The summed E-state index contributed by atoms with van der Waals surface area (Å²) in [6, 6.07) is 0.343. The fraction of sp³-hybridized carbons (Fsp3) is 1.00. The highest BCUT2D eigenvalue weighted by Gasteiger charge is 2.50. The van der Waals surface area contributed by atoms with E-state index in [4.69, 9.17) is 4.74 Å². The Bertz CT molecular complexity index is 382. The van der Waals surface area contributed by atoms with Gasteiger partial charge < -0.3 is 9.84 Å². The van der Waals surface area contributed by atoms with Crippen molar-refractivity contribution in [3.05, 3.63) is 0 Å². The summed E-state index contributed by atoms with van der Waals surface area (Å²) in [7, 11) is 0. The van der Waals surface area contributed by atoms with Gasteiger partial charge >= 0.3 is 0 Å². The molecular weight excluding hydrogens is 274 g/mol. The van der Waals surface area contributed by atoms with Gasteiger partial charge in [0.1, 0.15) is 6.23 Å². The maximum absolute atomic E-state index is 10.6. The van der Waals surface area contributed by atoms with Crippen LogP contribution in [0.3, 0.4) is 0 Å². The van der Waals surface area contributed by atoms with Gasteiger partial charge in [-0.1, -0.05) is 26.2 Å². The number of piperidine rings is 1. The second-order valence-electron chi connectivity index (χ2n) is 8.31. The zero-order valence-electron chi connectivity index (χ0n) is 14.1.